The highest BCUT2D eigenvalue weighted by Crippen LogP contribution is 2.42. The summed E-state index contributed by atoms with van der Waals surface area (Å²) in [6, 6.07) is 26.1. The monoisotopic (exact) mass is 460 g/mol. The molecule has 1 heterocycles. The second-order valence-corrected chi connectivity index (χ2v) is 8.99. The summed E-state index contributed by atoms with van der Waals surface area (Å²) < 4.78 is 5.58. The Morgan fingerprint density at radius 3 is 2.09 bits per heavy atom. The Hall–Kier alpha value is -2.89. The molecule has 4 nitrogen and oxygen atoms in total. The van der Waals surface area contributed by atoms with E-state index < -0.39 is 5.60 Å². The molecule has 2 N–H and O–H groups in total. The van der Waals surface area contributed by atoms with Crippen LogP contribution in [0.15, 0.2) is 78.9 Å². The Balaban J connectivity index is 1.46. The highest BCUT2D eigenvalue weighted by molar-refractivity contribution is 7.80. The molecular formula is C28H32N2O2S. The molecule has 1 aliphatic heterocycles. The zero-order chi connectivity index (χ0) is 23.3. The Kier molecular flexibility index (Phi) is 7.31. The average molecular weight is 461 g/mol. The van der Waals surface area contributed by atoms with Crippen LogP contribution in [0.25, 0.3) is 0 Å². The predicted octanol–water partition coefficient (Wildman–Crippen LogP) is 5.74. The number of hydrogen-bond acceptors (Lipinski definition) is 3. The van der Waals surface area contributed by atoms with Crippen LogP contribution < -0.4 is 10.1 Å². The van der Waals surface area contributed by atoms with E-state index in [0.29, 0.717) is 6.61 Å². The molecule has 0 atom stereocenters. The standard InChI is InChI=1S/C28H32N2O2S/c1-3-32-25-14-15-26(21(2)20-25)29-27(33)30-18-16-24(17-19-30)28(31,22-10-6-4-7-11-22)23-12-8-5-9-13-23/h4-15,20,24,31H,3,16-19H2,1-2H3,(H,29,33). The van der Waals surface area contributed by atoms with Crippen molar-refractivity contribution < 1.29 is 9.84 Å². The Morgan fingerprint density at radius 2 is 1.58 bits per heavy atom. The lowest BCUT2D eigenvalue weighted by molar-refractivity contribution is -0.00631. The van der Waals surface area contributed by atoms with Gasteiger partial charge in [-0.3, -0.25) is 0 Å². The number of aliphatic hydroxyl groups is 1. The van der Waals surface area contributed by atoms with Crippen molar-refractivity contribution in [2.45, 2.75) is 32.3 Å². The summed E-state index contributed by atoms with van der Waals surface area (Å²) in [4.78, 5) is 2.21. The van der Waals surface area contributed by atoms with Crippen molar-refractivity contribution in [2.75, 3.05) is 25.0 Å². The minimum absolute atomic E-state index is 0.105. The summed E-state index contributed by atoms with van der Waals surface area (Å²) in [7, 11) is 0. The maximum atomic E-state index is 12.1. The molecular weight excluding hydrogens is 428 g/mol. The molecule has 0 bridgehead atoms. The Bertz CT molecular complexity index is 1020. The molecule has 0 unspecified atom stereocenters. The number of ether oxygens (including phenoxy) is 1. The van der Waals surface area contributed by atoms with Crippen LogP contribution in [0.1, 0.15) is 36.5 Å². The van der Waals surface area contributed by atoms with E-state index in [-0.39, 0.29) is 5.92 Å². The van der Waals surface area contributed by atoms with Gasteiger partial charge in [0.25, 0.3) is 0 Å². The smallest absolute Gasteiger partial charge is 0.173 e. The molecule has 1 aliphatic rings. The molecule has 1 saturated heterocycles. The number of anilines is 1. The second kappa shape index (κ2) is 10.4. The molecule has 5 heteroatoms. The minimum Gasteiger partial charge on any atom is -0.494 e. The summed E-state index contributed by atoms with van der Waals surface area (Å²) in [5.41, 5.74) is 2.96. The first-order valence-electron chi connectivity index (χ1n) is 11.6. The SMILES string of the molecule is CCOc1ccc(NC(=S)N2CCC(C(O)(c3ccccc3)c3ccccc3)CC2)c(C)c1. The molecule has 0 spiro atoms. The molecule has 0 aromatic heterocycles. The van der Waals surface area contributed by atoms with E-state index in [9.17, 15) is 5.11 Å². The van der Waals surface area contributed by atoms with Crippen LogP contribution in [0.4, 0.5) is 5.69 Å². The molecule has 3 aromatic rings. The first-order chi connectivity index (χ1) is 16.0. The predicted molar refractivity (Wildman–Crippen MR) is 139 cm³/mol. The van der Waals surface area contributed by atoms with Crippen molar-refractivity contribution in [3.8, 4) is 5.75 Å². The van der Waals surface area contributed by atoms with Crippen molar-refractivity contribution in [1.29, 1.82) is 0 Å². The van der Waals surface area contributed by atoms with E-state index in [0.717, 1.165) is 59.2 Å². The molecule has 1 fully saturated rings. The number of nitrogens with zero attached hydrogens (tertiary/aromatic N) is 1. The fourth-order valence-corrected chi connectivity index (χ4v) is 5.04. The van der Waals surface area contributed by atoms with Crippen LogP contribution in [0, 0.1) is 12.8 Å². The Labute approximate surface area is 202 Å². The lowest BCUT2D eigenvalue weighted by Crippen LogP contribution is -2.47. The van der Waals surface area contributed by atoms with Gasteiger partial charge in [-0.05, 0) is 79.7 Å². The van der Waals surface area contributed by atoms with Crippen LogP contribution in [0.2, 0.25) is 0 Å². The number of thiocarbonyl (C=S) groups is 1. The summed E-state index contributed by atoms with van der Waals surface area (Å²) >= 11 is 5.74. The van der Waals surface area contributed by atoms with Crippen LogP contribution in [0.3, 0.4) is 0 Å². The van der Waals surface area contributed by atoms with Gasteiger partial charge in [0, 0.05) is 18.8 Å². The van der Waals surface area contributed by atoms with E-state index in [1.807, 2.05) is 85.8 Å². The maximum absolute atomic E-state index is 12.1. The minimum atomic E-state index is -1.02. The van der Waals surface area contributed by atoms with Crippen molar-refractivity contribution in [1.82, 2.24) is 4.90 Å². The van der Waals surface area contributed by atoms with Gasteiger partial charge >= 0.3 is 0 Å². The zero-order valence-electron chi connectivity index (χ0n) is 19.3. The van der Waals surface area contributed by atoms with Crippen LogP contribution in [0.5, 0.6) is 5.75 Å². The number of nitrogens with one attached hydrogen (secondary N) is 1. The lowest BCUT2D eigenvalue weighted by atomic mass is 9.72. The van der Waals surface area contributed by atoms with E-state index in [2.05, 4.69) is 17.1 Å². The highest BCUT2D eigenvalue weighted by Gasteiger charge is 2.41. The van der Waals surface area contributed by atoms with E-state index in [1.165, 1.54) is 0 Å². The molecule has 0 aliphatic carbocycles. The number of likely N-dealkylation sites (tertiary alicyclic amines) is 1. The molecule has 0 saturated carbocycles. The van der Waals surface area contributed by atoms with E-state index in [1.54, 1.807) is 0 Å². The molecule has 0 radical (unpaired) electrons. The van der Waals surface area contributed by atoms with Gasteiger partial charge in [-0.25, -0.2) is 0 Å². The van der Waals surface area contributed by atoms with Gasteiger partial charge in [0.05, 0.1) is 6.61 Å². The second-order valence-electron chi connectivity index (χ2n) is 8.60. The number of hydrogen-bond donors (Lipinski definition) is 2. The van der Waals surface area contributed by atoms with Crippen LogP contribution in [-0.2, 0) is 5.60 Å². The number of benzene rings is 3. The van der Waals surface area contributed by atoms with Crippen molar-refractivity contribution in [3.63, 3.8) is 0 Å². The quantitative estimate of drug-likeness (QED) is 0.460. The first-order valence-corrected chi connectivity index (χ1v) is 12.1. The normalized spacial score (nSPS) is 14.7. The molecule has 0 amide bonds. The third-order valence-electron chi connectivity index (χ3n) is 6.55. The van der Waals surface area contributed by atoms with Gasteiger partial charge in [-0.2, -0.15) is 0 Å². The highest BCUT2D eigenvalue weighted by atomic mass is 32.1. The summed E-state index contributed by atoms with van der Waals surface area (Å²) in [5.74, 6) is 0.974. The molecule has 33 heavy (non-hydrogen) atoms. The Morgan fingerprint density at radius 1 is 1.00 bits per heavy atom. The topological polar surface area (TPSA) is 44.7 Å². The average Bonchev–Trinajstić information content (AvgIpc) is 2.86. The summed E-state index contributed by atoms with van der Waals surface area (Å²) in [6.45, 7) is 6.29. The fourth-order valence-electron chi connectivity index (χ4n) is 4.75. The van der Waals surface area contributed by atoms with Crippen molar-refractivity contribution in [3.05, 3.63) is 95.6 Å². The van der Waals surface area contributed by atoms with Gasteiger partial charge in [0.1, 0.15) is 11.4 Å². The zero-order valence-corrected chi connectivity index (χ0v) is 20.1. The third kappa shape index (κ3) is 5.05. The lowest BCUT2D eigenvalue weighted by Gasteiger charge is -2.43. The number of rotatable bonds is 6. The van der Waals surface area contributed by atoms with Gasteiger partial charge in [0.2, 0.25) is 0 Å². The van der Waals surface area contributed by atoms with Gasteiger partial charge < -0.3 is 20.1 Å². The maximum Gasteiger partial charge on any atom is 0.173 e. The first kappa shape index (κ1) is 23.3. The number of aryl methyl sites for hydroxylation is 1. The molecule has 172 valence electrons. The van der Waals surface area contributed by atoms with E-state index >= 15 is 0 Å². The van der Waals surface area contributed by atoms with Crippen LogP contribution >= 0.6 is 12.2 Å². The summed E-state index contributed by atoms with van der Waals surface area (Å²) in [6.07, 6.45) is 1.70. The fraction of sp³-hybridized carbons (Fsp3) is 0.321. The van der Waals surface area contributed by atoms with Gasteiger partial charge in [-0.1, -0.05) is 60.7 Å². The molecule has 4 rings (SSSR count). The van der Waals surface area contributed by atoms with Gasteiger partial charge in [-0.15, -0.1) is 0 Å². The largest absolute Gasteiger partial charge is 0.494 e. The van der Waals surface area contributed by atoms with Crippen molar-refractivity contribution in [2.24, 2.45) is 5.92 Å². The molecule has 3 aromatic carbocycles. The van der Waals surface area contributed by atoms with Gasteiger partial charge in [0.15, 0.2) is 5.11 Å². The van der Waals surface area contributed by atoms with E-state index in [4.69, 9.17) is 17.0 Å². The number of piperidine rings is 1. The van der Waals surface area contributed by atoms with Crippen LogP contribution in [-0.4, -0.2) is 34.8 Å². The summed E-state index contributed by atoms with van der Waals surface area (Å²) in [5, 5.41) is 16.2. The van der Waals surface area contributed by atoms with Crippen molar-refractivity contribution >= 4 is 23.0 Å². The third-order valence-corrected chi connectivity index (χ3v) is 6.91.